The maximum absolute atomic E-state index is 11.4. The van der Waals surface area contributed by atoms with Crippen molar-refractivity contribution < 1.29 is 13.5 Å². The Hall–Kier alpha value is -1.43. The van der Waals surface area contributed by atoms with Gasteiger partial charge < -0.3 is 9.39 Å². The van der Waals surface area contributed by atoms with Crippen molar-refractivity contribution in [2.45, 2.75) is 5.03 Å². The summed E-state index contributed by atoms with van der Waals surface area (Å²) in [4.78, 5) is 1.84. The van der Waals surface area contributed by atoms with E-state index >= 15 is 0 Å². The minimum atomic E-state index is 0.503. The summed E-state index contributed by atoms with van der Waals surface area (Å²) in [6.45, 7) is 0. The van der Waals surface area contributed by atoms with Crippen LogP contribution < -0.4 is 4.73 Å². The smallest absolute Gasteiger partial charge is 0.458 e. The van der Waals surface area contributed by atoms with E-state index in [-0.39, 0.29) is 0 Å². The van der Waals surface area contributed by atoms with Crippen LogP contribution >= 0.6 is 12.0 Å². The molecule has 1 aromatic rings. The molecule has 0 aromatic carbocycles. The first-order valence-corrected chi connectivity index (χ1v) is 5.51. The van der Waals surface area contributed by atoms with Crippen LogP contribution in [0.1, 0.15) is 0 Å². The van der Waals surface area contributed by atoms with Gasteiger partial charge in [-0.2, -0.15) is 4.73 Å². The second-order valence-corrected chi connectivity index (χ2v) is 4.35. The highest BCUT2D eigenvalue weighted by molar-refractivity contribution is 7.94. The number of hydrogen-bond donors (Lipinski definition) is 0. The Morgan fingerprint density at radius 2 is 2.12 bits per heavy atom. The molecular weight excluding hydrogens is 226 g/mol. The van der Waals surface area contributed by atoms with Gasteiger partial charge in [0.15, 0.2) is 18.2 Å². The number of nitrogens with zero attached hydrogens (tertiary/aromatic N) is 3. The fourth-order valence-corrected chi connectivity index (χ4v) is 1.83. The van der Waals surface area contributed by atoms with E-state index in [4.69, 9.17) is 4.18 Å². The molecule has 0 fully saturated rings. The second kappa shape index (κ2) is 5.60. The van der Waals surface area contributed by atoms with Gasteiger partial charge in [0.25, 0.3) is 5.03 Å². The average Bonchev–Trinajstić information content (AvgIpc) is 2.20. The molecule has 1 heterocycles. The van der Waals surface area contributed by atoms with Gasteiger partial charge in [0.2, 0.25) is 0 Å². The van der Waals surface area contributed by atoms with Crippen molar-refractivity contribution in [2.75, 3.05) is 28.2 Å². The predicted octanol–water partition coefficient (Wildman–Crippen LogP) is 0.533. The molecule has 0 atom stereocenters. The molecule has 0 unspecified atom stereocenters. The fraction of sp³-hybridized carbons (Fsp3) is 0.400. The van der Waals surface area contributed by atoms with Gasteiger partial charge in [-0.3, -0.25) is 0 Å². The number of rotatable bonds is 2. The molecule has 0 bridgehead atoms. The van der Waals surface area contributed by atoms with E-state index < -0.39 is 0 Å². The van der Waals surface area contributed by atoms with Gasteiger partial charge in [-0.05, 0) is 6.07 Å². The van der Waals surface area contributed by atoms with E-state index in [0.29, 0.717) is 11.0 Å². The van der Waals surface area contributed by atoms with Crippen molar-refractivity contribution in [3.8, 4) is 0 Å². The molecule has 88 valence electrons. The highest BCUT2D eigenvalue weighted by atomic mass is 32.2. The van der Waals surface area contributed by atoms with Crippen LogP contribution in [0.3, 0.4) is 0 Å². The number of aromatic nitrogens is 1. The molecule has 0 saturated heterocycles. The maximum atomic E-state index is 11.4. The zero-order valence-corrected chi connectivity index (χ0v) is 10.7. The average molecular weight is 242 g/mol. The predicted molar refractivity (Wildman–Crippen MR) is 63.1 cm³/mol. The summed E-state index contributed by atoms with van der Waals surface area (Å²) in [5.74, 6) is 0. The summed E-state index contributed by atoms with van der Waals surface area (Å²) in [5.41, 5.74) is 0. The van der Waals surface area contributed by atoms with E-state index in [9.17, 15) is 5.21 Å². The van der Waals surface area contributed by atoms with Crippen LogP contribution in [0.4, 0.5) is 0 Å². The third-order valence-corrected chi connectivity index (χ3v) is 2.47. The lowest BCUT2D eigenvalue weighted by Gasteiger charge is -2.09. The van der Waals surface area contributed by atoms with Gasteiger partial charge in [-0.1, -0.05) is 0 Å². The first-order chi connectivity index (χ1) is 7.52. The third-order valence-electron chi connectivity index (χ3n) is 1.76. The number of hydrogen-bond acceptors (Lipinski definition) is 3. The molecule has 0 aliphatic carbocycles. The van der Waals surface area contributed by atoms with Crippen molar-refractivity contribution in [1.29, 1.82) is 0 Å². The molecule has 0 amide bonds. The minimum absolute atomic E-state index is 0.503. The van der Waals surface area contributed by atoms with Crippen LogP contribution in [0.5, 0.6) is 0 Å². The van der Waals surface area contributed by atoms with Crippen LogP contribution in [0.15, 0.2) is 29.4 Å². The van der Waals surface area contributed by atoms with Crippen molar-refractivity contribution in [1.82, 2.24) is 4.90 Å². The lowest BCUT2D eigenvalue weighted by atomic mass is 10.5. The Kier molecular flexibility index (Phi) is 4.42. The SMILES string of the molecule is CN(C)C(OSc1cccc[n+]1[O-])=[N+](C)C. The molecule has 0 saturated carbocycles. The second-order valence-electron chi connectivity index (χ2n) is 3.60. The van der Waals surface area contributed by atoms with E-state index in [1.54, 1.807) is 18.2 Å². The Morgan fingerprint density at radius 3 is 2.62 bits per heavy atom. The Morgan fingerprint density at radius 1 is 1.44 bits per heavy atom. The Bertz CT molecular complexity index is 389. The lowest BCUT2D eigenvalue weighted by molar-refractivity contribution is -0.645. The Labute approximate surface area is 99.7 Å². The zero-order valence-electron chi connectivity index (χ0n) is 9.88. The maximum Gasteiger partial charge on any atom is 0.458 e. The van der Waals surface area contributed by atoms with Gasteiger partial charge in [0.1, 0.15) is 0 Å². The van der Waals surface area contributed by atoms with Crippen molar-refractivity contribution in [3.05, 3.63) is 29.6 Å². The van der Waals surface area contributed by atoms with Gasteiger partial charge >= 0.3 is 6.02 Å². The van der Waals surface area contributed by atoms with Crippen molar-refractivity contribution in [3.63, 3.8) is 0 Å². The van der Waals surface area contributed by atoms with Crippen molar-refractivity contribution in [2.24, 2.45) is 0 Å². The Balaban J connectivity index is 2.71. The summed E-state index contributed by atoms with van der Waals surface area (Å²) in [6, 6.07) is 5.86. The molecule has 0 radical (unpaired) electrons. The van der Waals surface area contributed by atoms with E-state index in [0.717, 1.165) is 16.8 Å². The van der Waals surface area contributed by atoms with E-state index in [1.807, 2.05) is 37.7 Å². The van der Waals surface area contributed by atoms with Crippen LogP contribution in [0, 0.1) is 5.21 Å². The van der Waals surface area contributed by atoms with E-state index in [1.165, 1.54) is 6.20 Å². The van der Waals surface area contributed by atoms with Crippen LogP contribution in [0.25, 0.3) is 0 Å². The molecule has 0 spiro atoms. The molecule has 0 aliphatic rings. The fourth-order valence-electron chi connectivity index (χ4n) is 1.11. The van der Waals surface area contributed by atoms with Gasteiger partial charge in [0.05, 0.1) is 28.2 Å². The monoisotopic (exact) mass is 242 g/mol. The first-order valence-electron chi connectivity index (χ1n) is 4.76. The normalized spacial score (nSPS) is 9.75. The summed E-state index contributed by atoms with van der Waals surface area (Å²) >= 11 is 1.04. The molecular formula is C10H16N3O2S+. The van der Waals surface area contributed by atoms with Gasteiger partial charge in [-0.15, -0.1) is 0 Å². The number of pyridine rings is 1. The first kappa shape index (κ1) is 12.6. The molecule has 5 nitrogen and oxygen atoms in total. The standard InChI is InChI=1S/C10H16N3O2S/c1-11(2)10(12(3)4)15-16-9-7-5-6-8-13(9)14/h5-8H,1-4H3/q+1. The molecule has 0 aliphatic heterocycles. The highest BCUT2D eigenvalue weighted by Crippen LogP contribution is 2.14. The summed E-state index contributed by atoms with van der Waals surface area (Å²) in [6.07, 6.45) is 1.44. The van der Waals surface area contributed by atoms with Crippen LogP contribution in [-0.2, 0) is 4.18 Å². The minimum Gasteiger partial charge on any atom is -0.618 e. The largest absolute Gasteiger partial charge is 0.618 e. The highest BCUT2D eigenvalue weighted by Gasteiger charge is 2.17. The molecule has 1 aromatic heterocycles. The third kappa shape index (κ3) is 3.30. The van der Waals surface area contributed by atoms with Crippen LogP contribution in [0.2, 0.25) is 0 Å². The van der Waals surface area contributed by atoms with Gasteiger partial charge in [-0.25, -0.2) is 9.48 Å². The topological polar surface area (TPSA) is 42.4 Å². The summed E-state index contributed by atoms with van der Waals surface area (Å²) in [5, 5.41) is 11.9. The molecule has 0 N–H and O–H groups in total. The summed E-state index contributed by atoms with van der Waals surface area (Å²) < 4.78 is 8.11. The summed E-state index contributed by atoms with van der Waals surface area (Å²) in [7, 11) is 7.52. The van der Waals surface area contributed by atoms with E-state index in [2.05, 4.69) is 0 Å². The molecule has 6 heteroatoms. The van der Waals surface area contributed by atoms with Gasteiger partial charge in [0, 0.05) is 12.1 Å². The van der Waals surface area contributed by atoms with Crippen LogP contribution in [-0.4, -0.2) is 43.7 Å². The van der Waals surface area contributed by atoms with Crippen molar-refractivity contribution >= 4 is 18.1 Å². The zero-order chi connectivity index (χ0) is 12.1. The molecule has 1 rings (SSSR count). The molecule has 16 heavy (non-hydrogen) atoms. The lowest BCUT2D eigenvalue weighted by Crippen LogP contribution is -2.32. The number of amidine groups is 1. The quantitative estimate of drug-likeness (QED) is 0.249.